The molecule has 20 heavy (non-hydrogen) atoms. The molecule has 106 valence electrons. The van der Waals surface area contributed by atoms with E-state index >= 15 is 0 Å². The lowest BCUT2D eigenvalue weighted by Gasteiger charge is -2.08. The Labute approximate surface area is 121 Å². The molecular formula is C14H16N2O3S. The first-order chi connectivity index (χ1) is 9.55. The normalized spacial score (nSPS) is 10.2. The number of aryl methyl sites for hydroxylation is 1. The highest BCUT2D eigenvalue weighted by Gasteiger charge is 2.13. The van der Waals surface area contributed by atoms with Gasteiger partial charge in [-0.15, -0.1) is 11.3 Å². The quantitative estimate of drug-likeness (QED) is 0.940. The van der Waals surface area contributed by atoms with E-state index < -0.39 is 0 Å². The number of nitrogens with zero attached hydrogens (tertiary/aromatic N) is 1. The molecule has 5 nitrogen and oxygen atoms in total. The van der Waals surface area contributed by atoms with E-state index in [1.165, 1.54) is 18.3 Å². The van der Waals surface area contributed by atoms with Crippen LogP contribution >= 0.6 is 11.3 Å². The van der Waals surface area contributed by atoms with Crippen molar-refractivity contribution < 1.29 is 14.3 Å². The Morgan fingerprint density at radius 2 is 1.95 bits per heavy atom. The van der Waals surface area contributed by atoms with Crippen LogP contribution in [0.1, 0.15) is 11.8 Å². The highest BCUT2D eigenvalue weighted by molar-refractivity contribution is 7.16. The highest BCUT2D eigenvalue weighted by Crippen LogP contribution is 2.35. The molecule has 0 spiro atoms. The Hall–Kier alpha value is -2.08. The number of anilines is 1. The molecule has 0 bridgehead atoms. The van der Waals surface area contributed by atoms with Crippen LogP contribution in [0.25, 0.3) is 11.3 Å². The van der Waals surface area contributed by atoms with Crippen molar-refractivity contribution in [1.29, 1.82) is 0 Å². The molecule has 1 aromatic carbocycles. The van der Waals surface area contributed by atoms with E-state index in [0.717, 1.165) is 16.1 Å². The lowest BCUT2D eigenvalue weighted by Crippen LogP contribution is -2.04. The molecule has 6 heteroatoms. The summed E-state index contributed by atoms with van der Waals surface area (Å²) < 4.78 is 10.5. The van der Waals surface area contributed by atoms with E-state index in [1.807, 2.05) is 25.1 Å². The number of amides is 1. The van der Waals surface area contributed by atoms with Gasteiger partial charge in [-0.2, -0.15) is 0 Å². The Bertz CT molecular complexity index is 637. The molecule has 1 heterocycles. The van der Waals surface area contributed by atoms with Crippen LogP contribution < -0.4 is 14.8 Å². The zero-order valence-electron chi connectivity index (χ0n) is 11.8. The molecule has 0 aliphatic carbocycles. The average molecular weight is 292 g/mol. The molecule has 1 aromatic heterocycles. The fraction of sp³-hybridized carbons (Fsp3) is 0.286. The van der Waals surface area contributed by atoms with Crippen LogP contribution in [0.3, 0.4) is 0 Å². The number of thiazole rings is 1. The van der Waals surface area contributed by atoms with Crippen molar-refractivity contribution in [1.82, 2.24) is 4.98 Å². The summed E-state index contributed by atoms with van der Waals surface area (Å²) in [7, 11) is 3.19. The van der Waals surface area contributed by atoms with Crippen molar-refractivity contribution in [3.8, 4) is 22.8 Å². The number of rotatable bonds is 4. The van der Waals surface area contributed by atoms with Gasteiger partial charge in [-0.05, 0) is 25.1 Å². The van der Waals surface area contributed by atoms with Gasteiger partial charge in [0.2, 0.25) is 5.91 Å². The van der Waals surface area contributed by atoms with Gasteiger partial charge in [-0.3, -0.25) is 4.79 Å². The molecule has 0 saturated carbocycles. The largest absolute Gasteiger partial charge is 0.493 e. The number of hydrogen-bond acceptors (Lipinski definition) is 5. The average Bonchev–Trinajstić information content (AvgIpc) is 2.77. The standard InChI is InChI=1S/C14H16N2O3S/c1-8-13(16-14(20-8)15-9(2)17)10-5-6-11(18-3)12(7-10)19-4/h5-7H,1-4H3,(H,15,16,17). The van der Waals surface area contributed by atoms with E-state index in [4.69, 9.17) is 9.47 Å². The van der Waals surface area contributed by atoms with Crippen LogP contribution in [0.2, 0.25) is 0 Å². The monoisotopic (exact) mass is 292 g/mol. The first-order valence-electron chi connectivity index (χ1n) is 6.02. The van der Waals surface area contributed by atoms with Crippen LogP contribution in [0.5, 0.6) is 11.5 Å². The zero-order chi connectivity index (χ0) is 14.7. The molecule has 0 atom stereocenters. The zero-order valence-corrected chi connectivity index (χ0v) is 12.6. The smallest absolute Gasteiger partial charge is 0.223 e. The summed E-state index contributed by atoms with van der Waals surface area (Å²) in [6.45, 7) is 3.43. The number of aromatic nitrogens is 1. The van der Waals surface area contributed by atoms with Crippen molar-refractivity contribution in [3.05, 3.63) is 23.1 Å². The molecular weight excluding hydrogens is 276 g/mol. The van der Waals surface area contributed by atoms with Gasteiger partial charge in [-0.1, -0.05) is 0 Å². The van der Waals surface area contributed by atoms with E-state index in [2.05, 4.69) is 10.3 Å². The Morgan fingerprint density at radius 1 is 1.25 bits per heavy atom. The molecule has 0 fully saturated rings. The number of ether oxygens (including phenoxy) is 2. The minimum atomic E-state index is -0.127. The third-order valence-corrected chi connectivity index (χ3v) is 3.62. The fourth-order valence-electron chi connectivity index (χ4n) is 1.85. The van der Waals surface area contributed by atoms with Gasteiger partial charge in [0.25, 0.3) is 0 Å². The van der Waals surface area contributed by atoms with Gasteiger partial charge in [-0.25, -0.2) is 4.98 Å². The number of carbonyl (C=O) groups is 1. The van der Waals surface area contributed by atoms with Gasteiger partial charge in [0.05, 0.1) is 19.9 Å². The molecule has 1 N–H and O–H groups in total. The van der Waals surface area contributed by atoms with Gasteiger partial charge in [0, 0.05) is 17.4 Å². The number of nitrogens with one attached hydrogen (secondary N) is 1. The first kappa shape index (κ1) is 14.3. The summed E-state index contributed by atoms with van der Waals surface area (Å²) in [6, 6.07) is 5.63. The lowest BCUT2D eigenvalue weighted by molar-refractivity contribution is -0.114. The predicted molar refractivity (Wildman–Crippen MR) is 79.7 cm³/mol. The molecule has 1 amide bonds. The van der Waals surface area contributed by atoms with Crippen LogP contribution in [-0.4, -0.2) is 25.1 Å². The number of hydrogen-bond donors (Lipinski definition) is 1. The predicted octanol–water partition coefficient (Wildman–Crippen LogP) is 3.09. The molecule has 0 aliphatic heterocycles. The van der Waals surface area contributed by atoms with Gasteiger partial charge in [0.15, 0.2) is 16.6 Å². The van der Waals surface area contributed by atoms with E-state index in [9.17, 15) is 4.79 Å². The van der Waals surface area contributed by atoms with Crippen LogP contribution in [0, 0.1) is 6.92 Å². The van der Waals surface area contributed by atoms with Gasteiger partial charge in [0.1, 0.15) is 0 Å². The van der Waals surface area contributed by atoms with Crippen molar-refractivity contribution in [2.24, 2.45) is 0 Å². The van der Waals surface area contributed by atoms with Gasteiger partial charge >= 0.3 is 0 Å². The maximum atomic E-state index is 11.1. The summed E-state index contributed by atoms with van der Waals surface area (Å²) in [5.74, 6) is 1.20. The highest BCUT2D eigenvalue weighted by atomic mass is 32.1. The summed E-state index contributed by atoms with van der Waals surface area (Å²) in [5, 5.41) is 3.30. The molecule has 0 aliphatic rings. The van der Waals surface area contributed by atoms with E-state index in [0.29, 0.717) is 16.6 Å². The second-order valence-corrected chi connectivity index (χ2v) is 5.38. The topological polar surface area (TPSA) is 60.5 Å². The van der Waals surface area contributed by atoms with Gasteiger partial charge < -0.3 is 14.8 Å². The minimum Gasteiger partial charge on any atom is -0.493 e. The third-order valence-electron chi connectivity index (χ3n) is 2.74. The molecule has 0 saturated heterocycles. The Kier molecular flexibility index (Phi) is 4.24. The molecule has 0 radical (unpaired) electrons. The summed E-state index contributed by atoms with van der Waals surface area (Å²) in [5.41, 5.74) is 1.76. The van der Waals surface area contributed by atoms with E-state index in [1.54, 1.807) is 14.2 Å². The van der Waals surface area contributed by atoms with Crippen molar-refractivity contribution in [2.45, 2.75) is 13.8 Å². The Balaban J connectivity index is 2.41. The van der Waals surface area contributed by atoms with Crippen molar-refractivity contribution in [2.75, 3.05) is 19.5 Å². The second kappa shape index (κ2) is 5.92. The number of carbonyl (C=O) groups excluding carboxylic acids is 1. The lowest BCUT2D eigenvalue weighted by atomic mass is 10.1. The molecule has 2 aromatic rings. The van der Waals surface area contributed by atoms with Crippen LogP contribution in [0.4, 0.5) is 5.13 Å². The maximum absolute atomic E-state index is 11.1. The summed E-state index contributed by atoms with van der Waals surface area (Å²) in [6.07, 6.45) is 0. The minimum absolute atomic E-state index is 0.127. The SMILES string of the molecule is COc1ccc(-c2nc(NC(C)=O)sc2C)cc1OC. The van der Waals surface area contributed by atoms with Crippen molar-refractivity contribution in [3.63, 3.8) is 0 Å². The molecule has 2 rings (SSSR count). The second-order valence-electron chi connectivity index (χ2n) is 4.17. The maximum Gasteiger partial charge on any atom is 0.223 e. The summed E-state index contributed by atoms with van der Waals surface area (Å²) in [4.78, 5) is 16.5. The fourth-order valence-corrected chi connectivity index (χ4v) is 2.73. The van der Waals surface area contributed by atoms with Crippen LogP contribution in [-0.2, 0) is 4.79 Å². The Morgan fingerprint density at radius 3 is 2.55 bits per heavy atom. The first-order valence-corrected chi connectivity index (χ1v) is 6.84. The third kappa shape index (κ3) is 2.91. The number of benzene rings is 1. The molecule has 0 unspecified atom stereocenters. The van der Waals surface area contributed by atoms with Crippen LogP contribution in [0.15, 0.2) is 18.2 Å². The van der Waals surface area contributed by atoms with E-state index in [-0.39, 0.29) is 5.91 Å². The number of methoxy groups -OCH3 is 2. The van der Waals surface area contributed by atoms with Crippen molar-refractivity contribution >= 4 is 22.4 Å². The summed E-state index contributed by atoms with van der Waals surface area (Å²) >= 11 is 1.45.